The first-order chi connectivity index (χ1) is 12.1. The highest BCUT2D eigenvalue weighted by Gasteiger charge is 2.25. The van der Waals surface area contributed by atoms with Gasteiger partial charge in [-0.2, -0.15) is 0 Å². The van der Waals surface area contributed by atoms with Crippen LogP contribution in [0.2, 0.25) is 0 Å². The van der Waals surface area contributed by atoms with E-state index in [2.05, 4.69) is 9.97 Å². The summed E-state index contributed by atoms with van der Waals surface area (Å²) in [6, 6.07) is 9.37. The van der Waals surface area contributed by atoms with E-state index in [9.17, 15) is 4.21 Å². The molecule has 1 saturated carbocycles. The molecular formula is C19H22N4OS. The van der Waals surface area contributed by atoms with Gasteiger partial charge in [0.1, 0.15) is 22.1 Å². The largest absolute Gasteiger partial charge is 0.384 e. The highest BCUT2D eigenvalue weighted by atomic mass is 32.2. The van der Waals surface area contributed by atoms with Crippen LogP contribution < -0.4 is 5.73 Å². The van der Waals surface area contributed by atoms with Gasteiger partial charge in [-0.05, 0) is 31.9 Å². The molecule has 4 rings (SSSR count). The summed E-state index contributed by atoms with van der Waals surface area (Å²) in [5.41, 5.74) is 8.81. The van der Waals surface area contributed by atoms with E-state index >= 15 is 0 Å². The molecule has 130 valence electrons. The maximum atomic E-state index is 13.1. The molecule has 1 fully saturated rings. The standard InChI is InChI=1S/C19H22N4OS/c1-12-21-15(13-8-4-2-5-9-13)16-17(22-12)18(19(20)23-16)25(24)14-10-6-3-7-11-14/h3,6-7,10-11,13,23H,2,4-5,8-9,20H2,1H3. The summed E-state index contributed by atoms with van der Waals surface area (Å²) in [6.07, 6.45) is 6.03. The lowest BCUT2D eigenvalue weighted by Gasteiger charge is -2.21. The Kier molecular flexibility index (Phi) is 4.29. The number of aryl methyl sites for hydroxylation is 1. The second kappa shape index (κ2) is 6.59. The zero-order chi connectivity index (χ0) is 17.4. The number of nitrogens with one attached hydrogen (secondary N) is 1. The number of H-pyrrole nitrogens is 1. The van der Waals surface area contributed by atoms with Crippen LogP contribution in [0, 0.1) is 6.92 Å². The molecule has 0 saturated heterocycles. The van der Waals surface area contributed by atoms with E-state index in [4.69, 9.17) is 10.7 Å². The molecule has 1 unspecified atom stereocenters. The SMILES string of the molecule is Cc1nc(C2CCCCC2)c2[nH]c(N)c(S(=O)c3ccccc3)c2n1. The maximum Gasteiger partial charge on any atom is 0.126 e. The van der Waals surface area contributed by atoms with Crippen LogP contribution in [-0.4, -0.2) is 19.2 Å². The summed E-state index contributed by atoms with van der Waals surface area (Å²) >= 11 is 0. The summed E-state index contributed by atoms with van der Waals surface area (Å²) in [5.74, 6) is 1.56. The van der Waals surface area contributed by atoms with E-state index in [0.29, 0.717) is 28.0 Å². The smallest absolute Gasteiger partial charge is 0.126 e. The zero-order valence-electron chi connectivity index (χ0n) is 14.3. The lowest BCUT2D eigenvalue weighted by atomic mass is 9.86. The van der Waals surface area contributed by atoms with Crippen molar-refractivity contribution in [2.24, 2.45) is 0 Å². The molecule has 0 radical (unpaired) electrons. The number of nitrogens with two attached hydrogens (primary N) is 1. The second-order valence-corrected chi connectivity index (χ2v) is 8.08. The van der Waals surface area contributed by atoms with Gasteiger partial charge in [-0.1, -0.05) is 37.5 Å². The number of nitrogen functional groups attached to an aromatic ring is 1. The highest BCUT2D eigenvalue weighted by Crippen LogP contribution is 2.38. The van der Waals surface area contributed by atoms with Crippen molar-refractivity contribution in [3.05, 3.63) is 41.9 Å². The topological polar surface area (TPSA) is 84.7 Å². The van der Waals surface area contributed by atoms with Gasteiger partial charge in [0, 0.05) is 10.8 Å². The lowest BCUT2D eigenvalue weighted by molar-refractivity contribution is 0.438. The van der Waals surface area contributed by atoms with Crippen LogP contribution in [0.25, 0.3) is 11.0 Å². The fraction of sp³-hybridized carbons (Fsp3) is 0.368. The van der Waals surface area contributed by atoms with Gasteiger partial charge in [-0.25, -0.2) is 14.2 Å². The van der Waals surface area contributed by atoms with Gasteiger partial charge < -0.3 is 10.7 Å². The van der Waals surface area contributed by atoms with E-state index in [0.717, 1.165) is 28.9 Å². The Morgan fingerprint density at radius 3 is 2.56 bits per heavy atom. The van der Waals surface area contributed by atoms with Crippen LogP contribution >= 0.6 is 0 Å². The Balaban J connectivity index is 1.88. The summed E-state index contributed by atoms with van der Waals surface area (Å²) < 4.78 is 13.1. The fourth-order valence-corrected chi connectivity index (χ4v) is 4.94. The van der Waals surface area contributed by atoms with Gasteiger partial charge >= 0.3 is 0 Å². The molecule has 3 N–H and O–H groups in total. The molecule has 1 aromatic carbocycles. The zero-order valence-corrected chi connectivity index (χ0v) is 15.1. The van der Waals surface area contributed by atoms with E-state index in [1.165, 1.54) is 19.3 Å². The minimum atomic E-state index is -1.37. The third-order valence-electron chi connectivity index (χ3n) is 4.90. The van der Waals surface area contributed by atoms with Gasteiger partial charge in [0.2, 0.25) is 0 Å². The van der Waals surface area contributed by atoms with Crippen LogP contribution in [0.15, 0.2) is 40.1 Å². The normalized spacial score (nSPS) is 17.0. The number of hydrogen-bond acceptors (Lipinski definition) is 4. The quantitative estimate of drug-likeness (QED) is 0.743. The Bertz CT molecular complexity index is 929. The van der Waals surface area contributed by atoms with Gasteiger partial charge in [0.05, 0.1) is 22.0 Å². The van der Waals surface area contributed by atoms with Crippen molar-refractivity contribution in [2.45, 2.75) is 54.7 Å². The van der Waals surface area contributed by atoms with Crippen molar-refractivity contribution >= 4 is 27.7 Å². The Labute approximate surface area is 149 Å². The molecular weight excluding hydrogens is 332 g/mol. The number of aromatic amines is 1. The minimum Gasteiger partial charge on any atom is -0.384 e. The summed E-state index contributed by atoms with van der Waals surface area (Å²) in [7, 11) is -1.37. The molecule has 3 aromatic rings. The summed E-state index contributed by atoms with van der Waals surface area (Å²) in [5, 5.41) is 0. The second-order valence-electron chi connectivity index (χ2n) is 6.66. The average molecular weight is 354 g/mol. The van der Waals surface area contributed by atoms with Crippen LogP contribution in [0.3, 0.4) is 0 Å². The molecule has 5 nitrogen and oxygen atoms in total. The molecule has 1 aliphatic carbocycles. The predicted molar refractivity (Wildman–Crippen MR) is 100.0 cm³/mol. The van der Waals surface area contributed by atoms with Crippen molar-refractivity contribution in [1.82, 2.24) is 15.0 Å². The molecule has 2 heterocycles. The lowest BCUT2D eigenvalue weighted by Crippen LogP contribution is -2.09. The molecule has 1 atom stereocenters. The molecule has 0 bridgehead atoms. The summed E-state index contributed by atoms with van der Waals surface area (Å²) in [6.45, 7) is 1.89. The van der Waals surface area contributed by atoms with Crippen LogP contribution in [0.1, 0.15) is 49.5 Å². The number of anilines is 1. The summed E-state index contributed by atoms with van der Waals surface area (Å²) in [4.78, 5) is 13.8. The van der Waals surface area contributed by atoms with Crippen LogP contribution in [-0.2, 0) is 10.8 Å². The Morgan fingerprint density at radius 2 is 1.84 bits per heavy atom. The number of benzene rings is 1. The van der Waals surface area contributed by atoms with Gasteiger partial charge in [0.15, 0.2) is 0 Å². The van der Waals surface area contributed by atoms with Crippen molar-refractivity contribution < 1.29 is 4.21 Å². The van der Waals surface area contributed by atoms with Gasteiger partial charge in [0.25, 0.3) is 0 Å². The van der Waals surface area contributed by atoms with Crippen LogP contribution in [0.5, 0.6) is 0 Å². The molecule has 1 aliphatic rings. The molecule has 0 spiro atoms. The van der Waals surface area contributed by atoms with Crippen molar-refractivity contribution in [1.29, 1.82) is 0 Å². The number of aromatic nitrogens is 3. The first kappa shape index (κ1) is 16.3. The van der Waals surface area contributed by atoms with Crippen molar-refractivity contribution in [2.75, 3.05) is 5.73 Å². The number of fused-ring (bicyclic) bond motifs is 1. The first-order valence-electron chi connectivity index (χ1n) is 8.77. The van der Waals surface area contributed by atoms with Crippen LogP contribution in [0.4, 0.5) is 5.82 Å². The van der Waals surface area contributed by atoms with E-state index in [-0.39, 0.29) is 0 Å². The van der Waals surface area contributed by atoms with E-state index in [1.54, 1.807) is 0 Å². The third kappa shape index (κ3) is 2.95. The van der Waals surface area contributed by atoms with Gasteiger partial charge in [-0.15, -0.1) is 0 Å². The number of rotatable bonds is 3. The molecule has 6 heteroatoms. The van der Waals surface area contributed by atoms with Crippen molar-refractivity contribution in [3.8, 4) is 0 Å². The fourth-order valence-electron chi connectivity index (χ4n) is 3.72. The molecule has 0 amide bonds. The Morgan fingerprint density at radius 1 is 1.12 bits per heavy atom. The third-order valence-corrected chi connectivity index (χ3v) is 6.39. The highest BCUT2D eigenvalue weighted by molar-refractivity contribution is 7.85. The molecule has 2 aromatic heterocycles. The number of hydrogen-bond donors (Lipinski definition) is 2. The predicted octanol–water partition coefficient (Wildman–Crippen LogP) is 4.06. The minimum absolute atomic E-state index is 0.425. The van der Waals surface area contributed by atoms with E-state index < -0.39 is 10.8 Å². The first-order valence-corrected chi connectivity index (χ1v) is 9.92. The Hall–Kier alpha value is -2.21. The van der Waals surface area contributed by atoms with Gasteiger partial charge in [-0.3, -0.25) is 0 Å². The van der Waals surface area contributed by atoms with E-state index in [1.807, 2.05) is 37.3 Å². The number of nitrogens with zero attached hydrogens (tertiary/aromatic N) is 2. The average Bonchev–Trinajstić information content (AvgIpc) is 2.97. The molecule has 0 aliphatic heterocycles. The monoisotopic (exact) mass is 354 g/mol. The molecule has 25 heavy (non-hydrogen) atoms. The maximum absolute atomic E-state index is 13.1. The van der Waals surface area contributed by atoms with Crippen molar-refractivity contribution in [3.63, 3.8) is 0 Å².